The molecule has 3 aromatic rings. The molecule has 0 spiro atoms. The molecule has 1 aliphatic rings. The molecule has 0 aliphatic carbocycles. The van der Waals surface area contributed by atoms with Gasteiger partial charge >= 0.3 is 0 Å². The van der Waals surface area contributed by atoms with Gasteiger partial charge in [-0.2, -0.15) is 16.9 Å². The quantitative estimate of drug-likeness (QED) is 0.763. The van der Waals surface area contributed by atoms with Gasteiger partial charge in [0.2, 0.25) is 0 Å². The number of nitrogens with zero attached hydrogens (tertiary/aromatic N) is 2. The van der Waals surface area contributed by atoms with Crippen molar-refractivity contribution >= 4 is 23.5 Å². The molecule has 6 heteroatoms. The van der Waals surface area contributed by atoms with Crippen molar-refractivity contribution in [1.29, 1.82) is 0 Å². The van der Waals surface area contributed by atoms with Crippen LogP contribution in [0.25, 0.3) is 5.69 Å². The zero-order valence-electron chi connectivity index (χ0n) is 13.6. The highest BCUT2D eigenvalue weighted by Gasteiger charge is 2.25. The van der Waals surface area contributed by atoms with Crippen molar-refractivity contribution in [3.63, 3.8) is 0 Å². The fraction of sp³-hybridized carbons (Fsp3) is 0.158. The van der Waals surface area contributed by atoms with Gasteiger partial charge in [-0.05, 0) is 31.2 Å². The Labute approximate surface area is 149 Å². The summed E-state index contributed by atoms with van der Waals surface area (Å²) >= 11 is 1.75. The van der Waals surface area contributed by atoms with Gasteiger partial charge in [0.15, 0.2) is 0 Å². The lowest BCUT2D eigenvalue weighted by Crippen LogP contribution is -2.17. The number of halogens is 1. The van der Waals surface area contributed by atoms with Crippen LogP contribution in [0, 0.1) is 12.7 Å². The summed E-state index contributed by atoms with van der Waals surface area (Å²) in [5.74, 6) is 1.22. The zero-order valence-corrected chi connectivity index (χ0v) is 14.4. The Balaban J connectivity index is 1.75. The third kappa shape index (κ3) is 2.93. The fourth-order valence-corrected chi connectivity index (χ4v) is 3.87. The van der Waals surface area contributed by atoms with Crippen molar-refractivity contribution in [2.45, 2.75) is 18.4 Å². The minimum atomic E-state index is -0.535. The summed E-state index contributed by atoms with van der Waals surface area (Å²) in [5, 5.41) is 7.52. The standard InChI is InChI=1S/C19H16FN3OS/c1-12-6-8-13(9-7-12)23-18(15-10-25-11-17(15)22-23)21-19(24)14-4-2-3-5-16(14)20/h2-9H,10-11H2,1H3,(H,21,24). The molecule has 25 heavy (non-hydrogen) atoms. The van der Waals surface area contributed by atoms with Gasteiger partial charge in [-0.25, -0.2) is 9.07 Å². The lowest BCUT2D eigenvalue weighted by atomic mass is 10.2. The van der Waals surface area contributed by atoms with Crippen LogP contribution in [0.2, 0.25) is 0 Å². The molecule has 2 heterocycles. The molecule has 1 aliphatic heterocycles. The molecule has 2 aromatic carbocycles. The molecule has 1 amide bonds. The van der Waals surface area contributed by atoms with Gasteiger partial charge in [0.05, 0.1) is 16.9 Å². The van der Waals surface area contributed by atoms with Gasteiger partial charge < -0.3 is 5.32 Å². The molecule has 4 rings (SSSR count). The normalized spacial score (nSPS) is 12.9. The Hall–Kier alpha value is -2.60. The highest BCUT2D eigenvalue weighted by Crippen LogP contribution is 2.36. The Bertz CT molecular complexity index is 950. The van der Waals surface area contributed by atoms with Crippen LogP contribution < -0.4 is 5.32 Å². The van der Waals surface area contributed by atoms with Gasteiger partial charge in [0.25, 0.3) is 5.91 Å². The molecule has 1 N–H and O–H groups in total. The number of anilines is 1. The van der Waals surface area contributed by atoms with Crippen molar-refractivity contribution in [2.24, 2.45) is 0 Å². The van der Waals surface area contributed by atoms with E-state index in [1.807, 2.05) is 31.2 Å². The van der Waals surface area contributed by atoms with Crippen LogP contribution in [0.3, 0.4) is 0 Å². The minimum absolute atomic E-state index is 0.0264. The molecule has 0 saturated carbocycles. The second kappa shape index (κ2) is 6.37. The third-order valence-corrected chi connectivity index (χ3v) is 5.15. The Morgan fingerprint density at radius 2 is 1.92 bits per heavy atom. The van der Waals surface area contributed by atoms with Crippen molar-refractivity contribution in [3.8, 4) is 5.69 Å². The van der Waals surface area contributed by atoms with Crippen LogP contribution >= 0.6 is 11.8 Å². The average molecular weight is 353 g/mol. The van der Waals surface area contributed by atoms with Crippen LogP contribution in [0.15, 0.2) is 48.5 Å². The topological polar surface area (TPSA) is 46.9 Å². The molecule has 0 radical (unpaired) electrons. The van der Waals surface area contributed by atoms with Crippen molar-refractivity contribution in [3.05, 3.63) is 76.7 Å². The number of aromatic nitrogens is 2. The molecule has 0 fully saturated rings. The second-order valence-electron chi connectivity index (χ2n) is 5.95. The first-order chi connectivity index (χ1) is 12.1. The number of benzene rings is 2. The van der Waals surface area contributed by atoms with Crippen LogP contribution in [-0.2, 0) is 11.5 Å². The molecular formula is C19H16FN3OS. The van der Waals surface area contributed by atoms with Gasteiger partial charge in [-0.3, -0.25) is 4.79 Å². The lowest BCUT2D eigenvalue weighted by molar-refractivity contribution is 0.102. The van der Waals surface area contributed by atoms with Gasteiger partial charge in [-0.1, -0.05) is 29.8 Å². The number of hydrogen-bond donors (Lipinski definition) is 1. The van der Waals surface area contributed by atoms with E-state index in [2.05, 4.69) is 10.4 Å². The molecule has 126 valence electrons. The molecule has 0 unspecified atom stereocenters. The van der Waals surface area contributed by atoms with E-state index in [-0.39, 0.29) is 5.56 Å². The minimum Gasteiger partial charge on any atom is -0.306 e. The van der Waals surface area contributed by atoms with E-state index in [9.17, 15) is 9.18 Å². The van der Waals surface area contributed by atoms with E-state index in [0.29, 0.717) is 5.82 Å². The monoisotopic (exact) mass is 353 g/mol. The third-order valence-electron chi connectivity index (χ3n) is 4.18. The summed E-state index contributed by atoms with van der Waals surface area (Å²) in [4.78, 5) is 12.6. The van der Waals surface area contributed by atoms with Crippen LogP contribution in [0.1, 0.15) is 27.2 Å². The number of fused-ring (bicyclic) bond motifs is 1. The molecule has 1 aromatic heterocycles. The van der Waals surface area contributed by atoms with Crippen LogP contribution in [-0.4, -0.2) is 15.7 Å². The van der Waals surface area contributed by atoms with E-state index >= 15 is 0 Å². The predicted octanol–water partition coefficient (Wildman–Crippen LogP) is 4.32. The fourth-order valence-electron chi connectivity index (χ4n) is 2.83. The van der Waals surface area contributed by atoms with Crippen LogP contribution in [0.5, 0.6) is 0 Å². The summed E-state index contributed by atoms with van der Waals surface area (Å²) in [6, 6.07) is 13.9. The first kappa shape index (κ1) is 15.9. The molecule has 4 nitrogen and oxygen atoms in total. The number of hydrogen-bond acceptors (Lipinski definition) is 3. The van der Waals surface area contributed by atoms with Gasteiger partial charge in [-0.15, -0.1) is 0 Å². The van der Waals surface area contributed by atoms with Crippen LogP contribution in [0.4, 0.5) is 10.2 Å². The smallest absolute Gasteiger partial charge is 0.259 e. The number of thioether (sulfide) groups is 1. The van der Waals surface area contributed by atoms with Crippen molar-refractivity contribution in [1.82, 2.24) is 9.78 Å². The molecular weight excluding hydrogens is 337 g/mol. The molecule has 0 saturated heterocycles. The van der Waals surface area contributed by atoms with Gasteiger partial charge in [0, 0.05) is 17.1 Å². The number of amides is 1. The molecule has 0 atom stereocenters. The zero-order chi connectivity index (χ0) is 17.4. The van der Waals surface area contributed by atoms with E-state index in [1.165, 1.54) is 12.1 Å². The maximum absolute atomic E-state index is 13.9. The Kier molecular flexibility index (Phi) is 4.05. The maximum atomic E-state index is 13.9. The highest BCUT2D eigenvalue weighted by molar-refractivity contribution is 7.98. The van der Waals surface area contributed by atoms with E-state index in [4.69, 9.17) is 0 Å². The first-order valence-corrected chi connectivity index (χ1v) is 9.10. The van der Waals surface area contributed by atoms with Crippen molar-refractivity contribution in [2.75, 3.05) is 5.32 Å². The van der Waals surface area contributed by atoms with E-state index in [0.717, 1.165) is 34.0 Å². The number of aryl methyl sites for hydroxylation is 1. The van der Waals surface area contributed by atoms with Crippen molar-refractivity contribution < 1.29 is 9.18 Å². The summed E-state index contributed by atoms with van der Waals surface area (Å²) in [6.45, 7) is 2.02. The lowest BCUT2D eigenvalue weighted by Gasteiger charge is -2.11. The summed E-state index contributed by atoms with van der Waals surface area (Å²) < 4.78 is 15.7. The number of carbonyl (C=O) groups is 1. The summed E-state index contributed by atoms with van der Waals surface area (Å²) in [5.41, 5.74) is 4.02. The Morgan fingerprint density at radius 3 is 2.68 bits per heavy atom. The molecule has 0 bridgehead atoms. The highest BCUT2D eigenvalue weighted by atomic mass is 32.2. The Morgan fingerprint density at radius 1 is 1.16 bits per heavy atom. The predicted molar refractivity (Wildman–Crippen MR) is 97.7 cm³/mol. The number of rotatable bonds is 3. The maximum Gasteiger partial charge on any atom is 0.259 e. The SMILES string of the molecule is Cc1ccc(-n2nc3c(c2NC(=O)c2ccccc2F)CSC3)cc1. The average Bonchev–Trinajstić information content (AvgIpc) is 3.19. The van der Waals surface area contributed by atoms with E-state index < -0.39 is 11.7 Å². The second-order valence-corrected chi connectivity index (χ2v) is 6.93. The largest absolute Gasteiger partial charge is 0.306 e. The number of nitrogens with one attached hydrogen (secondary N) is 1. The number of carbonyl (C=O) groups excluding carboxylic acids is 1. The summed E-state index contributed by atoms with van der Waals surface area (Å²) in [7, 11) is 0. The summed E-state index contributed by atoms with van der Waals surface area (Å²) in [6.07, 6.45) is 0. The first-order valence-electron chi connectivity index (χ1n) is 7.95. The van der Waals surface area contributed by atoms with E-state index in [1.54, 1.807) is 28.6 Å². The van der Waals surface area contributed by atoms with Gasteiger partial charge in [0.1, 0.15) is 11.6 Å².